The topological polar surface area (TPSA) is 20.2 Å². The maximum Gasteiger partial charge on any atom is 0.0680 e. The Balaban J connectivity index is 2.36. The van der Waals surface area contributed by atoms with Gasteiger partial charge < -0.3 is 5.11 Å². The normalized spacial score (nSPS) is 47.1. The van der Waals surface area contributed by atoms with Gasteiger partial charge in [0, 0.05) is 5.41 Å². The quantitative estimate of drug-likeness (QED) is 0.628. The summed E-state index contributed by atoms with van der Waals surface area (Å²) in [5.74, 6) is 0. The molecule has 2 saturated carbocycles. The summed E-state index contributed by atoms with van der Waals surface area (Å²) < 4.78 is 0. The van der Waals surface area contributed by atoms with Crippen LogP contribution in [0.1, 0.15) is 65.7 Å². The SMILES string of the molecule is CC1(C)CCC[C@]12CCCC[C@@]2(C)O. The molecule has 0 aromatic carbocycles. The van der Waals surface area contributed by atoms with Crippen molar-refractivity contribution in [2.45, 2.75) is 71.3 Å². The van der Waals surface area contributed by atoms with Gasteiger partial charge in [-0.3, -0.25) is 0 Å². The van der Waals surface area contributed by atoms with Gasteiger partial charge in [-0.15, -0.1) is 0 Å². The van der Waals surface area contributed by atoms with Gasteiger partial charge in [0.2, 0.25) is 0 Å². The minimum Gasteiger partial charge on any atom is -0.390 e. The van der Waals surface area contributed by atoms with Gasteiger partial charge in [-0.2, -0.15) is 0 Å². The highest BCUT2D eigenvalue weighted by Gasteiger charge is 2.58. The van der Waals surface area contributed by atoms with Crippen LogP contribution in [0.25, 0.3) is 0 Å². The van der Waals surface area contributed by atoms with E-state index in [1.807, 2.05) is 0 Å². The summed E-state index contributed by atoms with van der Waals surface area (Å²) in [6.07, 6.45) is 8.63. The molecule has 2 rings (SSSR count). The van der Waals surface area contributed by atoms with Crippen LogP contribution < -0.4 is 0 Å². The van der Waals surface area contributed by atoms with Crippen molar-refractivity contribution in [1.82, 2.24) is 0 Å². The maximum atomic E-state index is 10.7. The smallest absolute Gasteiger partial charge is 0.0680 e. The molecule has 2 atom stereocenters. The summed E-state index contributed by atoms with van der Waals surface area (Å²) in [7, 11) is 0. The number of aliphatic hydroxyl groups is 1. The molecule has 0 heterocycles. The molecule has 0 aromatic heterocycles. The monoisotopic (exact) mass is 196 g/mol. The fourth-order valence-corrected chi connectivity index (χ4v) is 4.28. The van der Waals surface area contributed by atoms with Gasteiger partial charge in [-0.05, 0) is 38.0 Å². The van der Waals surface area contributed by atoms with Gasteiger partial charge in [0.05, 0.1) is 5.60 Å². The summed E-state index contributed by atoms with van der Waals surface area (Å²) in [4.78, 5) is 0. The second-order valence-electron chi connectivity index (χ2n) is 6.30. The molecule has 0 aliphatic heterocycles. The van der Waals surface area contributed by atoms with Gasteiger partial charge in [0.1, 0.15) is 0 Å². The van der Waals surface area contributed by atoms with E-state index >= 15 is 0 Å². The Morgan fingerprint density at radius 2 is 1.36 bits per heavy atom. The van der Waals surface area contributed by atoms with E-state index in [1.165, 1.54) is 38.5 Å². The first-order valence-corrected chi connectivity index (χ1v) is 6.14. The lowest BCUT2D eigenvalue weighted by atomic mass is 9.53. The van der Waals surface area contributed by atoms with E-state index in [4.69, 9.17) is 0 Å². The molecule has 0 amide bonds. The second kappa shape index (κ2) is 2.98. The molecule has 1 nitrogen and oxygen atoms in total. The summed E-state index contributed by atoms with van der Waals surface area (Å²) in [5, 5.41) is 10.7. The molecule has 1 heteroatoms. The van der Waals surface area contributed by atoms with Crippen molar-refractivity contribution in [1.29, 1.82) is 0 Å². The zero-order chi connectivity index (χ0) is 10.4. The minimum absolute atomic E-state index is 0.220. The Labute approximate surface area is 87.9 Å². The van der Waals surface area contributed by atoms with Crippen LogP contribution in [-0.2, 0) is 0 Å². The Morgan fingerprint density at radius 3 is 1.86 bits per heavy atom. The van der Waals surface area contributed by atoms with Crippen LogP contribution in [0.5, 0.6) is 0 Å². The lowest BCUT2D eigenvalue weighted by Crippen LogP contribution is -2.53. The van der Waals surface area contributed by atoms with Crippen LogP contribution in [0.2, 0.25) is 0 Å². The second-order valence-corrected chi connectivity index (χ2v) is 6.30. The summed E-state index contributed by atoms with van der Waals surface area (Å²) >= 11 is 0. The van der Waals surface area contributed by atoms with Crippen LogP contribution in [-0.4, -0.2) is 10.7 Å². The molecule has 1 spiro atoms. The van der Waals surface area contributed by atoms with E-state index in [-0.39, 0.29) is 5.41 Å². The number of hydrogen-bond acceptors (Lipinski definition) is 1. The largest absolute Gasteiger partial charge is 0.390 e. The van der Waals surface area contributed by atoms with Crippen molar-refractivity contribution in [3.8, 4) is 0 Å². The lowest BCUT2D eigenvalue weighted by Gasteiger charge is -2.54. The minimum atomic E-state index is -0.411. The Bertz CT molecular complexity index is 229. The third-order valence-electron chi connectivity index (χ3n) is 5.25. The first kappa shape index (κ1) is 10.5. The molecule has 2 aliphatic carbocycles. The predicted octanol–water partition coefficient (Wildman–Crippen LogP) is 3.51. The lowest BCUT2D eigenvalue weighted by molar-refractivity contribution is -0.146. The van der Waals surface area contributed by atoms with E-state index in [1.54, 1.807) is 0 Å². The van der Waals surface area contributed by atoms with Crippen LogP contribution in [0.3, 0.4) is 0 Å². The third-order valence-corrected chi connectivity index (χ3v) is 5.25. The fourth-order valence-electron chi connectivity index (χ4n) is 4.28. The van der Waals surface area contributed by atoms with Gasteiger partial charge in [-0.1, -0.05) is 33.1 Å². The fraction of sp³-hybridized carbons (Fsp3) is 1.00. The molecule has 0 unspecified atom stereocenters. The van der Waals surface area contributed by atoms with Crippen molar-refractivity contribution < 1.29 is 5.11 Å². The van der Waals surface area contributed by atoms with E-state index in [2.05, 4.69) is 20.8 Å². The van der Waals surface area contributed by atoms with E-state index < -0.39 is 5.60 Å². The highest BCUT2D eigenvalue weighted by Crippen LogP contribution is 2.63. The van der Waals surface area contributed by atoms with Crippen LogP contribution in [0.4, 0.5) is 0 Å². The first-order valence-electron chi connectivity index (χ1n) is 6.14. The highest BCUT2D eigenvalue weighted by atomic mass is 16.3. The number of rotatable bonds is 0. The summed E-state index contributed by atoms with van der Waals surface area (Å²) in [5.41, 5.74) is 0.153. The van der Waals surface area contributed by atoms with E-state index in [0.717, 1.165) is 6.42 Å². The zero-order valence-corrected chi connectivity index (χ0v) is 9.90. The standard InChI is InChI=1S/C13H24O/c1-11(2)7-6-10-13(11)9-5-4-8-12(13,3)14/h14H,4-10H2,1-3H3/t12-,13-/m1/s1. The molecular weight excluding hydrogens is 172 g/mol. The molecule has 0 radical (unpaired) electrons. The number of hydrogen-bond donors (Lipinski definition) is 1. The van der Waals surface area contributed by atoms with E-state index in [0.29, 0.717) is 5.41 Å². The molecule has 0 aromatic rings. The van der Waals surface area contributed by atoms with Crippen molar-refractivity contribution in [2.75, 3.05) is 0 Å². The average molecular weight is 196 g/mol. The molecular formula is C13H24O. The van der Waals surface area contributed by atoms with Gasteiger partial charge in [-0.25, -0.2) is 0 Å². The molecule has 0 saturated heterocycles. The average Bonchev–Trinajstić information content (AvgIpc) is 2.35. The van der Waals surface area contributed by atoms with Crippen molar-refractivity contribution in [3.63, 3.8) is 0 Å². The highest BCUT2D eigenvalue weighted by molar-refractivity contribution is 5.09. The van der Waals surface area contributed by atoms with Crippen molar-refractivity contribution in [2.24, 2.45) is 10.8 Å². The predicted molar refractivity (Wildman–Crippen MR) is 59.2 cm³/mol. The van der Waals surface area contributed by atoms with Gasteiger partial charge >= 0.3 is 0 Å². The summed E-state index contributed by atoms with van der Waals surface area (Å²) in [6.45, 7) is 6.80. The maximum absolute atomic E-state index is 10.7. The van der Waals surface area contributed by atoms with Crippen molar-refractivity contribution in [3.05, 3.63) is 0 Å². The molecule has 2 aliphatic rings. The third kappa shape index (κ3) is 1.18. The van der Waals surface area contributed by atoms with Crippen LogP contribution in [0.15, 0.2) is 0 Å². The molecule has 82 valence electrons. The molecule has 2 fully saturated rings. The molecule has 14 heavy (non-hydrogen) atoms. The molecule has 1 N–H and O–H groups in total. The van der Waals surface area contributed by atoms with Gasteiger partial charge in [0.15, 0.2) is 0 Å². The van der Waals surface area contributed by atoms with Crippen molar-refractivity contribution >= 4 is 0 Å². The van der Waals surface area contributed by atoms with Crippen LogP contribution in [0, 0.1) is 10.8 Å². The van der Waals surface area contributed by atoms with Crippen LogP contribution >= 0.6 is 0 Å². The van der Waals surface area contributed by atoms with E-state index in [9.17, 15) is 5.11 Å². The Morgan fingerprint density at radius 1 is 0.786 bits per heavy atom. The Hall–Kier alpha value is -0.0400. The molecule has 0 bridgehead atoms. The first-order chi connectivity index (χ1) is 6.41. The zero-order valence-electron chi connectivity index (χ0n) is 9.90. The van der Waals surface area contributed by atoms with Gasteiger partial charge in [0.25, 0.3) is 0 Å². The summed E-state index contributed by atoms with van der Waals surface area (Å²) in [6, 6.07) is 0. The Kier molecular flexibility index (Phi) is 2.23.